The van der Waals surface area contributed by atoms with Gasteiger partial charge in [0.2, 0.25) is 0 Å². The van der Waals surface area contributed by atoms with Crippen LogP contribution in [0, 0.1) is 0 Å². The zero-order valence-electron chi connectivity index (χ0n) is 22.7. The van der Waals surface area contributed by atoms with Crippen molar-refractivity contribution in [1.82, 2.24) is 4.98 Å². The molecule has 0 saturated carbocycles. The van der Waals surface area contributed by atoms with Crippen molar-refractivity contribution in [3.63, 3.8) is 0 Å². The molecule has 0 aliphatic carbocycles. The molecule has 9 rings (SSSR count). The van der Waals surface area contributed by atoms with E-state index in [1.54, 1.807) is 0 Å². The van der Waals surface area contributed by atoms with Gasteiger partial charge < -0.3 is 4.90 Å². The van der Waals surface area contributed by atoms with Gasteiger partial charge in [-0.15, -0.1) is 11.3 Å². The molecule has 0 saturated heterocycles. The molecule has 2 nitrogen and oxygen atoms in total. The highest BCUT2D eigenvalue weighted by molar-refractivity contribution is 7.26. The molecule has 196 valence electrons. The minimum atomic E-state index is 0.985. The molecule has 0 unspecified atom stereocenters. The average Bonchev–Trinajstić information content (AvgIpc) is 3.45. The first-order valence-corrected chi connectivity index (χ1v) is 15.0. The van der Waals surface area contributed by atoms with Crippen LogP contribution in [0.15, 0.2) is 146 Å². The fourth-order valence-electron chi connectivity index (χ4n) is 6.60. The summed E-state index contributed by atoms with van der Waals surface area (Å²) in [6.07, 6.45) is 2.01. The molecule has 6 aromatic carbocycles. The molecule has 8 aromatic rings. The van der Waals surface area contributed by atoms with E-state index in [0.717, 1.165) is 16.8 Å². The highest BCUT2D eigenvalue weighted by Crippen LogP contribution is 2.56. The van der Waals surface area contributed by atoms with Crippen molar-refractivity contribution in [2.75, 3.05) is 4.90 Å². The van der Waals surface area contributed by atoms with Crippen LogP contribution >= 0.6 is 11.3 Å². The van der Waals surface area contributed by atoms with E-state index in [1.807, 2.05) is 23.6 Å². The number of nitrogens with zero attached hydrogens (tertiary/aromatic N) is 2. The largest absolute Gasteiger partial charge is 0.309 e. The molecule has 0 bridgehead atoms. The molecule has 2 aromatic heterocycles. The van der Waals surface area contributed by atoms with E-state index in [1.165, 1.54) is 64.7 Å². The third kappa shape index (κ3) is 3.41. The number of aromatic nitrogens is 1. The van der Waals surface area contributed by atoms with E-state index in [-0.39, 0.29) is 0 Å². The summed E-state index contributed by atoms with van der Waals surface area (Å²) in [5.74, 6) is 0. The summed E-state index contributed by atoms with van der Waals surface area (Å²) in [7, 11) is 0. The van der Waals surface area contributed by atoms with Gasteiger partial charge >= 0.3 is 0 Å². The molecule has 0 radical (unpaired) electrons. The van der Waals surface area contributed by atoms with Gasteiger partial charge in [0, 0.05) is 54.1 Å². The number of hydrogen-bond donors (Lipinski definition) is 0. The van der Waals surface area contributed by atoms with Crippen LogP contribution in [-0.4, -0.2) is 4.98 Å². The standard InChI is InChI=1S/C39H24N2S/c1-3-10-25(11-4-1)33-22-18-26(24-40-33)28-19-20-30-31-21-23-36-38(32-14-7-8-17-35(32)42-36)39(31)41(27-12-5-2-6-13-27)34-16-9-15-29(28)37(30)34/h1-24H. The Kier molecular flexibility index (Phi) is 5.10. The molecule has 1 aliphatic rings. The molecule has 3 heterocycles. The van der Waals surface area contributed by atoms with Gasteiger partial charge in [0.05, 0.1) is 17.1 Å². The van der Waals surface area contributed by atoms with Gasteiger partial charge in [-0.1, -0.05) is 103 Å². The number of benzene rings is 6. The van der Waals surface area contributed by atoms with Crippen molar-refractivity contribution >= 4 is 59.3 Å². The van der Waals surface area contributed by atoms with Crippen LogP contribution < -0.4 is 4.90 Å². The maximum absolute atomic E-state index is 4.86. The molecular formula is C39H24N2S. The summed E-state index contributed by atoms with van der Waals surface area (Å²) in [5.41, 5.74) is 10.6. The molecule has 0 atom stereocenters. The van der Waals surface area contributed by atoms with Gasteiger partial charge in [-0.3, -0.25) is 4.98 Å². The van der Waals surface area contributed by atoms with Crippen LogP contribution in [0.5, 0.6) is 0 Å². The second-order valence-corrected chi connectivity index (χ2v) is 11.8. The second-order valence-electron chi connectivity index (χ2n) is 10.8. The fraction of sp³-hybridized carbons (Fsp3) is 0. The van der Waals surface area contributed by atoms with Crippen LogP contribution in [0.1, 0.15) is 0 Å². The van der Waals surface area contributed by atoms with E-state index >= 15 is 0 Å². The molecular weight excluding hydrogens is 529 g/mol. The molecule has 3 heteroatoms. The Bertz CT molecular complexity index is 2280. The first-order valence-electron chi connectivity index (χ1n) is 14.2. The topological polar surface area (TPSA) is 16.1 Å². The Morgan fingerprint density at radius 2 is 1.21 bits per heavy atom. The zero-order chi connectivity index (χ0) is 27.6. The smallest absolute Gasteiger partial charge is 0.0702 e. The Morgan fingerprint density at radius 3 is 2.05 bits per heavy atom. The van der Waals surface area contributed by atoms with Crippen molar-refractivity contribution < 1.29 is 0 Å². The predicted octanol–water partition coefficient (Wildman–Crippen LogP) is 11.4. The summed E-state index contributed by atoms with van der Waals surface area (Å²) >= 11 is 1.87. The predicted molar refractivity (Wildman–Crippen MR) is 179 cm³/mol. The van der Waals surface area contributed by atoms with E-state index in [4.69, 9.17) is 4.98 Å². The summed E-state index contributed by atoms with van der Waals surface area (Å²) in [6, 6.07) is 50.2. The first-order chi connectivity index (χ1) is 20.8. The van der Waals surface area contributed by atoms with E-state index < -0.39 is 0 Å². The van der Waals surface area contributed by atoms with Crippen LogP contribution in [0.25, 0.3) is 64.5 Å². The minimum absolute atomic E-state index is 0.985. The summed E-state index contributed by atoms with van der Waals surface area (Å²) in [6.45, 7) is 0. The van der Waals surface area contributed by atoms with Gasteiger partial charge in [-0.25, -0.2) is 0 Å². The van der Waals surface area contributed by atoms with Crippen LogP contribution in [0.4, 0.5) is 17.1 Å². The molecule has 0 amide bonds. The molecule has 0 N–H and O–H groups in total. The SMILES string of the molecule is c1ccc(-c2ccc(-c3ccc4c5c(cccc35)N(c3ccccc3)c3c-4ccc4sc5ccccc5c34)cn2)cc1. The number of thiophene rings is 1. The summed E-state index contributed by atoms with van der Waals surface area (Å²) in [5, 5.41) is 5.15. The van der Waals surface area contributed by atoms with Gasteiger partial charge in [-0.2, -0.15) is 0 Å². The first kappa shape index (κ1) is 23.5. The highest BCUT2D eigenvalue weighted by Gasteiger charge is 2.29. The molecule has 1 aliphatic heterocycles. The van der Waals surface area contributed by atoms with Crippen LogP contribution in [0.2, 0.25) is 0 Å². The lowest BCUT2D eigenvalue weighted by molar-refractivity contribution is 1.30. The van der Waals surface area contributed by atoms with Crippen molar-refractivity contribution in [3.8, 4) is 33.5 Å². The van der Waals surface area contributed by atoms with E-state index in [0.29, 0.717) is 0 Å². The highest BCUT2D eigenvalue weighted by atomic mass is 32.1. The quantitative estimate of drug-likeness (QED) is 0.217. The van der Waals surface area contributed by atoms with Gasteiger partial charge in [0.25, 0.3) is 0 Å². The van der Waals surface area contributed by atoms with Crippen molar-refractivity contribution in [2.45, 2.75) is 0 Å². The van der Waals surface area contributed by atoms with Crippen LogP contribution in [-0.2, 0) is 0 Å². The monoisotopic (exact) mass is 552 g/mol. The summed E-state index contributed by atoms with van der Waals surface area (Å²) < 4.78 is 2.63. The molecule has 42 heavy (non-hydrogen) atoms. The van der Waals surface area contributed by atoms with Gasteiger partial charge in [-0.05, 0) is 52.9 Å². The van der Waals surface area contributed by atoms with Crippen molar-refractivity contribution in [2.24, 2.45) is 0 Å². The molecule has 0 fully saturated rings. The Balaban J connectivity index is 1.33. The van der Waals surface area contributed by atoms with E-state index in [2.05, 4.69) is 138 Å². The van der Waals surface area contributed by atoms with Crippen molar-refractivity contribution in [1.29, 1.82) is 0 Å². The number of rotatable bonds is 3. The lowest BCUT2D eigenvalue weighted by Crippen LogP contribution is -2.15. The Hall–Kier alpha value is -5.25. The minimum Gasteiger partial charge on any atom is -0.309 e. The van der Waals surface area contributed by atoms with Crippen molar-refractivity contribution in [3.05, 3.63) is 146 Å². The normalized spacial score (nSPS) is 12.2. The zero-order valence-corrected chi connectivity index (χ0v) is 23.5. The van der Waals surface area contributed by atoms with E-state index in [9.17, 15) is 0 Å². The average molecular weight is 553 g/mol. The third-order valence-electron chi connectivity index (χ3n) is 8.45. The van der Waals surface area contributed by atoms with Gasteiger partial charge in [0.1, 0.15) is 0 Å². The Labute approximate surface area is 247 Å². The number of fused-ring (bicyclic) bond motifs is 6. The summed E-state index contributed by atoms with van der Waals surface area (Å²) in [4.78, 5) is 7.34. The number of anilines is 3. The molecule has 0 spiro atoms. The maximum Gasteiger partial charge on any atom is 0.0702 e. The fourth-order valence-corrected chi connectivity index (χ4v) is 7.71. The lowest BCUT2D eigenvalue weighted by Gasteiger charge is -2.34. The number of hydrogen-bond acceptors (Lipinski definition) is 3. The maximum atomic E-state index is 4.86. The van der Waals surface area contributed by atoms with Gasteiger partial charge in [0.15, 0.2) is 0 Å². The third-order valence-corrected chi connectivity index (χ3v) is 9.58. The number of para-hydroxylation sites is 1. The Morgan fingerprint density at radius 1 is 0.476 bits per heavy atom. The number of pyridine rings is 1. The lowest BCUT2D eigenvalue weighted by atomic mass is 9.86. The van der Waals surface area contributed by atoms with Crippen LogP contribution in [0.3, 0.4) is 0 Å². The second kappa shape index (κ2) is 9.13.